The fourth-order valence-electron chi connectivity index (χ4n) is 1.58. The van der Waals surface area contributed by atoms with Gasteiger partial charge in [-0.15, -0.1) is 0 Å². The smallest absolute Gasteiger partial charge is 0.135 e. The minimum Gasteiger partial charge on any atom is -0.370 e. The molecular formula is C13H14FN3. The molecule has 0 atom stereocenters. The van der Waals surface area contributed by atoms with Gasteiger partial charge in [0.15, 0.2) is 0 Å². The first kappa shape index (κ1) is 11.5. The van der Waals surface area contributed by atoms with Crippen LogP contribution in [-0.4, -0.2) is 16.5 Å². The van der Waals surface area contributed by atoms with Gasteiger partial charge in [-0.3, -0.25) is 0 Å². The Bertz CT molecular complexity index is 500. The number of hydrogen-bond acceptors (Lipinski definition) is 3. The zero-order valence-electron chi connectivity index (χ0n) is 9.65. The molecule has 0 bridgehead atoms. The molecule has 1 aromatic carbocycles. The molecule has 17 heavy (non-hydrogen) atoms. The van der Waals surface area contributed by atoms with Crippen LogP contribution >= 0.6 is 0 Å². The molecule has 0 aliphatic carbocycles. The van der Waals surface area contributed by atoms with Crippen molar-refractivity contribution < 1.29 is 4.39 Å². The van der Waals surface area contributed by atoms with Crippen LogP contribution in [0.2, 0.25) is 0 Å². The highest BCUT2D eigenvalue weighted by molar-refractivity contribution is 5.33. The maximum absolute atomic E-state index is 13.5. The molecule has 0 aliphatic heterocycles. The van der Waals surface area contributed by atoms with Crippen LogP contribution in [0.5, 0.6) is 0 Å². The lowest BCUT2D eigenvalue weighted by Crippen LogP contribution is -2.04. The zero-order valence-corrected chi connectivity index (χ0v) is 9.65. The predicted octanol–water partition coefficient (Wildman–Crippen LogP) is 2.64. The number of hydrogen-bond donors (Lipinski definition) is 1. The van der Waals surface area contributed by atoms with Crippen molar-refractivity contribution in [2.45, 2.75) is 13.3 Å². The van der Waals surface area contributed by atoms with Crippen LogP contribution < -0.4 is 5.32 Å². The van der Waals surface area contributed by atoms with Crippen LogP contribution in [0, 0.1) is 5.82 Å². The van der Waals surface area contributed by atoms with E-state index in [1.54, 1.807) is 24.4 Å². The number of aromatic nitrogens is 2. The number of nitrogens with one attached hydrogen (secondary N) is 1. The van der Waals surface area contributed by atoms with E-state index < -0.39 is 0 Å². The summed E-state index contributed by atoms with van der Waals surface area (Å²) in [6.45, 7) is 2.80. The number of anilines is 1. The Morgan fingerprint density at radius 1 is 1.24 bits per heavy atom. The lowest BCUT2D eigenvalue weighted by molar-refractivity contribution is 0.612. The van der Waals surface area contributed by atoms with Crippen molar-refractivity contribution in [2.24, 2.45) is 0 Å². The van der Waals surface area contributed by atoms with Crippen molar-refractivity contribution in [3.8, 4) is 0 Å². The molecule has 1 aromatic heterocycles. The lowest BCUT2D eigenvalue weighted by Gasteiger charge is -2.05. The monoisotopic (exact) mass is 231 g/mol. The van der Waals surface area contributed by atoms with E-state index in [2.05, 4.69) is 15.3 Å². The van der Waals surface area contributed by atoms with Gasteiger partial charge >= 0.3 is 0 Å². The van der Waals surface area contributed by atoms with Crippen LogP contribution in [-0.2, 0) is 6.42 Å². The maximum atomic E-state index is 13.5. The van der Waals surface area contributed by atoms with Crippen molar-refractivity contribution >= 4 is 5.82 Å². The molecule has 0 unspecified atom stereocenters. The van der Waals surface area contributed by atoms with Crippen LogP contribution in [0.25, 0.3) is 0 Å². The molecule has 4 heteroatoms. The van der Waals surface area contributed by atoms with Crippen LogP contribution in [0.1, 0.15) is 18.3 Å². The molecule has 2 rings (SSSR count). The first-order valence-electron chi connectivity index (χ1n) is 5.59. The summed E-state index contributed by atoms with van der Waals surface area (Å²) >= 11 is 0. The van der Waals surface area contributed by atoms with Gasteiger partial charge in [-0.2, -0.15) is 0 Å². The molecule has 0 saturated heterocycles. The Morgan fingerprint density at radius 3 is 2.82 bits per heavy atom. The summed E-state index contributed by atoms with van der Waals surface area (Å²) in [5.41, 5.74) is 0.612. The van der Waals surface area contributed by atoms with Crippen molar-refractivity contribution in [1.82, 2.24) is 9.97 Å². The van der Waals surface area contributed by atoms with E-state index in [1.807, 2.05) is 13.0 Å². The fourth-order valence-corrected chi connectivity index (χ4v) is 1.58. The van der Waals surface area contributed by atoms with E-state index in [0.717, 1.165) is 12.4 Å². The van der Waals surface area contributed by atoms with Gasteiger partial charge in [-0.25, -0.2) is 14.4 Å². The van der Waals surface area contributed by atoms with Crippen LogP contribution in [0.15, 0.2) is 36.5 Å². The number of halogens is 1. The van der Waals surface area contributed by atoms with Crippen LogP contribution in [0.4, 0.5) is 10.2 Å². The molecule has 0 amide bonds. The summed E-state index contributed by atoms with van der Waals surface area (Å²) < 4.78 is 13.5. The van der Waals surface area contributed by atoms with Crippen molar-refractivity contribution in [2.75, 3.05) is 11.9 Å². The summed E-state index contributed by atoms with van der Waals surface area (Å²) in [7, 11) is 0. The van der Waals surface area contributed by atoms with Gasteiger partial charge in [0.05, 0.1) is 0 Å². The SMILES string of the molecule is CCNc1ccnc(Cc2ccccc2F)n1. The topological polar surface area (TPSA) is 37.8 Å². The summed E-state index contributed by atoms with van der Waals surface area (Å²) in [5, 5.41) is 3.10. The minimum atomic E-state index is -0.218. The van der Waals surface area contributed by atoms with E-state index in [9.17, 15) is 4.39 Å². The molecule has 0 spiro atoms. The zero-order chi connectivity index (χ0) is 12.1. The highest BCUT2D eigenvalue weighted by atomic mass is 19.1. The second-order valence-corrected chi connectivity index (χ2v) is 3.66. The Balaban J connectivity index is 2.18. The standard InChI is InChI=1S/C13H14FN3/c1-2-15-12-7-8-16-13(17-12)9-10-5-3-4-6-11(10)14/h3-8H,2,9H2,1H3,(H,15,16,17). The maximum Gasteiger partial charge on any atom is 0.135 e. The van der Waals surface area contributed by atoms with Crippen LogP contribution in [0.3, 0.4) is 0 Å². The van der Waals surface area contributed by atoms with Crippen molar-refractivity contribution in [3.63, 3.8) is 0 Å². The average molecular weight is 231 g/mol. The first-order valence-corrected chi connectivity index (χ1v) is 5.59. The van der Waals surface area contributed by atoms with E-state index >= 15 is 0 Å². The molecule has 1 N–H and O–H groups in total. The third kappa shape index (κ3) is 3.00. The highest BCUT2D eigenvalue weighted by Gasteiger charge is 2.04. The number of benzene rings is 1. The number of nitrogens with zero attached hydrogens (tertiary/aromatic N) is 2. The predicted molar refractivity (Wildman–Crippen MR) is 65.4 cm³/mol. The number of rotatable bonds is 4. The molecular weight excluding hydrogens is 217 g/mol. The largest absolute Gasteiger partial charge is 0.370 e. The van der Waals surface area contributed by atoms with Gasteiger partial charge in [-0.1, -0.05) is 18.2 Å². The molecule has 0 aliphatic rings. The van der Waals surface area contributed by atoms with Gasteiger partial charge in [0.25, 0.3) is 0 Å². The second-order valence-electron chi connectivity index (χ2n) is 3.66. The highest BCUT2D eigenvalue weighted by Crippen LogP contribution is 2.11. The molecule has 0 radical (unpaired) electrons. The van der Waals surface area contributed by atoms with Gasteiger partial charge in [0.2, 0.25) is 0 Å². The third-order valence-electron chi connectivity index (χ3n) is 2.37. The molecule has 1 heterocycles. The van der Waals surface area contributed by atoms with E-state index in [1.165, 1.54) is 6.07 Å². The fraction of sp³-hybridized carbons (Fsp3) is 0.231. The molecule has 2 aromatic rings. The second kappa shape index (κ2) is 5.39. The molecule has 0 saturated carbocycles. The minimum absolute atomic E-state index is 0.218. The molecule has 0 fully saturated rings. The van der Waals surface area contributed by atoms with Gasteiger partial charge in [-0.05, 0) is 24.6 Å². The Labute approximate surface area is 99.7 Å². The molecule has 3 nitrogen and oxygen atoms in total. The summed E-state index contributed by atoms with van der Waals surface area (Å²) in [6, 6.07) is 8.48. The lowest BCUT2D eigenvalue weighted by atomic mass is 10.1. The summed E-state index contributed by atoms with van der Waals surface area (Å²) in [6.07, 6.45) is 2.09. The quantitative estimate of drug-likeness (QED) is 0.879. The summed E-state index contributed by atoms with van der Waals surface area (Å²) in [4.78, 5) is 8.45. The van der Waals surface area contributed by atoms with Gasteiger partial charge < -0.3 is 5.32 Å². The molecule has 88 valence electrons. The average Bonchev–Trinajstić information content (AvgIpc) is 2.33. The van der Waals surface area contributed by atoms with Gasteiger partial charge in [0, 0.05) is 19.2 Å². The Hall–Kier alpha value is -1.97. The Kier molecular flexibility index (Phi) is 3.65. The normalized spacial score (nSPS) is 10.2. The Morgan fingerprint density at radius 2 is 2.06 bits per heavy atom. The summed E-state index contributed by atoms with van der Waals surface area (Å²) in [5.74, 6) is 1.17. The third-order valence-corrected chi connectivity index (χ3v) is 2.37. The van der Waals surface area contributed by atoms with Crippen molar-refractivity contribution in [1.29, 1.82) is 0 Å². The van der Waals surface area contributed by atoms with Gasteiger partial charge in [0.1, 0.15) is 17.5 Å². The van der Waals surface area contributed by atoms with E-state index in [0.29, 0.717) is 17.8 Å². The van der Waals surface area contributed by atoms with Crippen molar-refractivity contribution in [3.05, 3.63) is 53.7 Å². The first-order chi connectivity index (χ1) is 8.29. The van der Waals surface area contributed by atoms with E-state index in [4.69, 9.17) is 0 Å². The van der Waals surface area contributed by atoms with E-state index in [-0.39, 0.29) is 5.82 Å².